The fraction of sp³-hybridized carbons (Fsp3) is 0.273. The quantitative estimate of drug-likeness (QED) is 0.682. The fourth-order valence-corrected chi connectivity index (χ4v) is 1.08. The van der Waals surface area contributed by atoms with E-state index in [0.717, 1.165) is 5.56 Å². The van der Waals surface area contributed by atoms with Crippen molar-refractivity contribution in [1.82, 2.24) is 0 Å². The van der Waals surface area contributed by atoms with Crippen molar-refractivity contribution in [2.24, 2.45) is 11.5 Å². The van der Waals surface area contributed by atoms with Crippen LogP contribution in [0.25, 0.3) is 0 Å². The Morgan fingerprint density at radius 3 is 2.44 bits per heavy atom. The first-order chi connectivity index (χ1) is 7.59. The van der Waals surface area contributed by atoms with Gasteiger partial charge in [0.15, 0.2) is 0 Å². The van der Waals surface area contributed by atoms with E-state index in [-0.39, 0.29) is 13.0 Å². The zero-order valence-electron chi connectivity index (χ0n) is 8.76. The smallest absolute Gasteiger partial charge is 0.308 e. The molecule has 1 amide bonds. The maximum atomic E-state index is 11.2. The van der Waals surface area contributed by atoms with Gasteiger partial charge in [0.1, 0.15) is 6.61 Å². The van der Waals surface area contributed by atoms with E-state index in [4.69, 9.17) is 16.2 Å². The lowest BCUT2D eigenvalue weighted by Crippen LogP contribution is -2.38. The summed E-state index contributed by atoms with van der Waals surface area (Å²) in [5.41, 5.74) is 11.1. The van der Waals surface area contributed by atoms with Gasteiger partial charge < -0.3 is 16.2 Å². The van der Waals surface area contributed by atoms with Crippen LogP contribution in [0.3, 0.4) is 0 Å². The molecule has 5 heteroatoms. The molecule has 0 aromatic heterocycles. The molecule has 5 nitrogen and oxygen atoms in total. The lowest BCUT2D eigenvalue weighted by atomic mass is 10.2. The molecule has 0 aliphatic rings. The molecule has 0 aliphatic heterocycles. The molecule has 0 spiro atoms. The van der Waals surface area contributed by atoms with Gasteiger partial charge >= 0.3 is 5.97 Å². The molecular weight excluding hydrogens is 208 g/mol. The van der Waals surface area contributed by atoms with Crippen LogP contribution < -0.4 is 11.5 Å². The van der Waals surface area contributed by atoms with Gasteiger partial charge in [-0.15, -0.1) is 0 Å². The molecular formula is C11H14N2O3. The molecule has 1 atom stereocenters. The zero-order valence-corrected chi connectivity index (χ0v) is 8.76. The van der Waals surface area contributed by atoms with E-state index in [1.54, 1.807) is 0 Å². The average molecular weight is 222 g/mol. The molecule has 0 bridgehead atoms. The normalized spacial score (nSPS) is 11.8. The number of amides is 1. The molecule has 0 saturated heterocycles. The lowest BCUT2D eigenvalue weighted by Gasteiger charge is -2.07. The maximum absolute atomic E-state index is 11.2. The van der Waals surface area contributed by atoms with Gasteiger partial charge in [-0.25, -0.2) is 0 Å². The molecule has 1 aromatic carbocycles. The number of nitrogens with two attached hydrogens (primary N) is 2. The van der Waals surface area contributed by atoms with Crippen molar-refractivity contribution in [2.75, 3.05) is 0 Å². The summed E-state index contributed by atoms with van der Waals surface area (Å²) in [5.74, 6) is -1.24. The van der Waals surface area contributed by atoms with E-state index in [2.05, 4.69) is 0 Å². The molecule has 0 fully saturated rings. The van der Waals surface area contributed by atoms with Crippen LogP contribution in [0.4, 0.5) is 0 Å². The maximum Gasteiger partial charge on any atom is 0.308 e. The first-order valence-electron chi connectivity index (χ1n) is 4.84. The molecule has 0 aliphatic carbocycles. The van der Waals surface area contributed by atoms with Crippen LogP contribution in [0, 0.1) is 0 Å². The molecule has 16 heavy (non-hydrogen) atoms. The van der Waals surface area contributed by atoms with Gasteiger partial charge in [-0.1, -0.05) is 30.3 Å². The summed E-state index contributed by atoms with van der Waals surface area (Å²) in [4.78, 5) is 21.8. The van der Waals surface area contributed by atoms with Crippen molar-refractivity contribution in [3.8, 4) is 0 Å². The Morgan fingerprint density at radius 1 is 1.25 bits per heavy atom. The second-order valence-corrected chi connectivity index (χ2v) is 3.36. The first-order valence-corrected chi connectivity index (χ1v) is 4.84. The predicted molar refractivity (Wildman–Crippen MR) is 58.0 cm³/mol. The van der Waals surface area contributed by atoms with Crippen molar-refractivity contribution >= 4 is 11.9 Å². The molecule has 0 saturated carbocycles. The highest BCUT2D eigenvalue weighted by atomic mass is 16.5. The van der Waals surface area contributed by atoms with Crippen LogP contribution in [-0.2, 0) is 20.9 Å². The highest BCUT2D eigenvalue weighted by Crippen LogP contribution is 2.02. The standard InChI is InChI=1S/C11H14N2O3/c12-9(11(13)15)6-10(14)16-7-8-4-2-1-3-5-8/h1-5,9H,6-7,12H2,(H2,13,15). The number of ether oxygens (including phenoxy) is 1. The van der Waals surface area contributed by atoms with Gasteiger partial charge in [0.25, 0.3) is 0 Å². The van der Waals surface area contributed by atoms with Gasteiger partial charge in [-0.2, -0.15) is 0 Å². The van der Waals surface area contributed by atoms with Gasteiger partial charge in [0.2, 0.25) is 5.91 Å². The number of carbonyl (C=O) groups excluding carboxylic acids is 2. The van der Waals surface area contributed by atoms with E-state index in [0.29, 0.717) is 0 Å². The van der Waals surface area contributed by atoms with Crippen LogP contribution in [-0.4, -0.2) is 17.9 Å². The van der Waals surface area contributed by atoms with Crippen molar-refractivity contribution in [2.45, 2.75) is 19.1 Å². The number of hydrogen-bond donors (Lipinski definition) is 2. The van der Waals surface area contributed by atoms with E-state index in [9.17, 15) is 9.59 Å². The number of hydrogen-bond acceptors (Lipinski definition) is 4. The van der Waals surface area contributed by atoms with Crippen LogP contribution in [0.15, 0.2) is 30.3 Å². The van der Waals surface area contributed by atoms with Crippen LogP contribution in [0.5, 0.6) is 0 Å². The largest absolute Gasteiger partial charge is 0.461 e. The Labute approximate surface area is 93.4 Å². The number of primary amides is 1. The third-order valence-electron chi connectivity index (χ3n) is 1.99. The Hall–Kier alpha value is -1.88. The predicted octanol–water partition coefficient (Wildman–Crippen LogP) is -0.0675. The summed E-state index contributed by atoms with van der Waals surface area (Å²) in [5, 5.41) is 0. The Morgan fingerprint density at radius 2 is 1.88 bits per heavy atom. The average Bonchev–Trinajstić information content (AvgIpc) is 2.27. The topological polar surface area (TPSA) is 95.4 Å². The molecule has 1 unspecified atom stereocenters. The highest BCUT2D eigenvalue weighted by Gasteiger charge is 2.15. The van der Waals surface area contributed by atoms with Crippen LogP contribution in [0.2, 0.25) is 0 Å². The molecule has 4 N–H and O–H groups in total. The van der Waals surface area contributed by atoms with Gasteiger partial charge in [0.05, 0.1) is 12.5 Å². The number of carbonyl (C=O) groups is 2. The number of benzene rings is 1. The zero-order chi connectivity index (χ0) is 12.0. The second kappa shape index (κ2) is 5.87. The summed E-state index contributed by atoms with van der Waals surface area (Å²) < 4.78 is 4.92. The first kappa shape index (κ1) is 12.2. The highest BCUT2D eigenvalue weighted by molar-refractivity contribution is 5.85. The molecule has 1 rings (SSSR count). The summed E-state index contributed by atoms with van der Waals surface area (Å²) >= 11 is 0. The van der Waals surface area contributed by atoms with Gasteiger partial charge in [-0.05, 0) is 5.56 Å². The van der Waals surface area contributed by atoms with Crippen molar-refractivity contribution < 1.29 is 14.3 Å². The Bertz CT molecular complexity index is 365. The number of esters is 1. The minimum absolute atomic E-state index is 0.172. The summed E-state index contributed by atoms with van der Waals surface area (Å²) in [7, 11) is 0. The summed E-state index contributed by atoms with van der Waals surface area (Å²) in [6, 6.07) is 8.25. The summed E-state index contributed by atoms with van der Waals surface area (Å²) in [6.45, 7) is 0.172. The Kier molecular flexibility index (Phi) is 4.47. The van der Waals surface area contributed by atoms with E-state index in [1.165, 1.54) is 0 Å². The van der Waals surface area contributed by atoms with E-state index >= 15 is 0 Å². The van der Waals surface area contributed by atoms with E-state index < -0.39 is 17.9 Å². The minimum atomic E-state index is -0.983. The van der Waals surface area contributed by atoms with Crippen molar-refractivity contribution in [3.05, 3.63) is 35.9 Å². The SMILES string of the molecule is NC(=O)C(N)CC(=O)OCc1ccccc1. The van der Waals surface area contributed by atoms with Crippen molar-refractivity contribution in [3.63, 3.8) is 0 Å². The number of rotatable bonds is 5. The lowest BCUT2D eigenvalue weighted by molar-refractivity contribution is -0.146. The monoisotopic (exact) mass is 222 g/mol. The third kappa shape index (κ3) is 4.10. The van der Waals surface area contributed by atoms with Crippen LogP contribution in [0.1, 0.15) is 12.0 Å². The Balaban J connectivity index is 2.33. The molecule has 86 valence electrons. The second-order valence-electron chi connectivity index (χ2n) is 3.36. The van der Waals surface area contributed by atoms with Gasteiger partial charge in [-0.3, -0.25) is 9.59 Å². The minimum Gasteiger partial charge on any atom is -0.461 e. The van der Waals surface area contributed by atoms with Crippen LogP contribution >= 0.6 is 0 Å². The van der Waals surface area contributed by atoms with Crippen molar-refractivity contribution in [1.29, 1.82) is 0 Å². The molecule has 0 radical (unpaired) electrons. The molecule has 1 aromatic rings. The van der Waals surface area contributed by atoms with E-state index in [1.807, 2.05) is 30.3 Å². The third-order valence-corrected chi connectivity index (χ3v) is 1.99. The fourth-order valence-electron chi connectivity index (χ4n) is 1.08. The summed E-state index contributed by atoms with van der Waals surface area (Å²) in [6.07, 6.45) is -0.192. The van der Waals surface area contributed by atoms with Gasteiger partial charge in [0, 0.05) is 0 Å². The molecule has 0 heterocycles.